The Morgan fingerprint density at radius 1 is 1.30 bits per heavy atom. The van der Waals surface area contributed by atoms with Crippen LogP contribution >= 0.6 is 11.8 Å². The van der Waals surface area contributed by atoms with Crippen LogP contribution in [-0.4, -0.2) is 52.8 Å². The van der Waals surface area contributed by atoms with Gasteiger partial charge in [-0.2, -0.15) is 0 Å². The molecule has 2 rings (SSSR count). The molecule has 0 radical (unpaired) electrons. The van der Waals surface area contributed by atoms with Crippen molar-refractivity contribution < 1.29 is 14.7 Å². The molecule has 1 aliphatic rings. The van der Waals surface area contributed by atoms with Gasteiger partial charge in [-0.05, 0) is 31.5 Å². The average molecular weight is 336 g/mol. The number of hydrogen-bond donors (Lipinski definition) is 2. The summed E-state index contributed by atoms with van der Waals surface area (Å²) in [6.07, 6.45) is 2.20. The highest BCUT2D eigenvalue weighted by Crippen LogP contribution is 2.26. The lowest BCUT2D eigenvalue weighted by Gasteiger charge is -2.42. The van der Waals surface area contributed by atoms with Gasteiger partial charge in [-0.15, -0.1) is 11.8 Å². The van der Waals surface area contributed by atoms with E-state index in [1.165, 1.54) is 4.90 Å². The Hall–Kier alpha value is -1.53. The molecule has 23 heavy (non-hydrogen) atoms. The Labute approximate surface area is 141 Å². The van der Waals surface area contributed by atoms with Crippen LogP contribution in [0.1, 0.15) is 26.2 Å². The minimum atomic E-state index is -0.794. The third-order valence-electron chi connectivity index (χ3n) is 4.08. The molecule has 5 nitrogen and oxygen atoms in total. The highest BCUT2D eigenvalue weighted by molar-refractivity contribution is 7.99. The van der Waals surface area contributed by atoms with Crippen molar-refractivity contribution in [3.8, 4) is 0 Å². The van der Waals surface area contributed by atoms with Gasteiger partial charge < -0.3 is 10.4 Å². The number of carbonyl (C=O) groups is 2. The maximum Gasteiger partial charge on any atom is 0.317 e. The molecule has 0 heterocycles. The number of nitrogens with one attached hydrogen (secondary N) is 1. The van der Waals surface area contributed by atoms with Crippen LogP contribution in [0, 0.1) is 0 Å². The van der Waals surface area contributed by atoms with Crippen LogP contribution in [-0.2, 0) is 9.59 Å². The van der Waals surface area contributed by atoms with Crippen molar-refractivity contribution >= 4 is 23.6 Å². The second kappa shape index (κ2) is 8.93. The topological polar surface area (TPSA) is 69.6 Å². The number of benzene rings is 1. The monoisotopic (exact) mass is 336 g/mol. The van der Waals surface area contributed by atoms with Gasteiger partial charge in [0.15, 0.2) is 0 Å². The average Bonchev–Trinajstić information content (AvgIpc) is 2.49. The van der Waals surface area contributed by atoms with Crippen molar-refractivity contribution in [2.45, 2.75) is 43.2 Å². The largest absolute Gasteiger partial charge is 0.480 e. The predicted molar refractivity (Wildman–Crippen MR) is 91.6 cm³/mol. The molecule has 1 saturated carbocycles. The van der Waals surface area contributed by atoms with E-state index in [1.54, 1.807) is 11.8 Å². The van der Waals surface area contributed by atoms with Crippen LogP contribution in [0.5, 0.6) is 0 Å². The second-order valence-electron chi connectivity index (χ2n) is 5.76. The zero-order valence-electron chi connectivity index (χ0n) is 13.4. The highest BCUT2D eigenvalue weighted by Gasteiger charge is 2.34. The van der Waals surface area contributed by atoms with Crippen LogP contribution in [0.15, 0.2) is 35.2 Å². The predicted octanol–water partition coefficient (Wildman–Crippen LogP) is 2.22. The minimum absolute atomic E-state index is 0.0789. The summed E-state index contributed by atoms with van der Waals surface area (Å²) >= 11 is 1.68. The fourth-order valence-electron chi connectivity index (χ4n) is 2.75. The summed E-state index contributed by atoms with van der Waals surface area (Å²) in [6, 6.07) is 10.5. The van der Waals surface area contributed by atoms with Gasteiger partial charge in [0, 0.05) is 29.2 Å². The summed E-state index contributed by atoms with van der Waals surface area (Å²) in [6.45, 7) is 2.77. The number of rotatable bonds is 9. The SMILES string of the molecule is CCN(CC(=O)O)C1CC(NC(=O)CCSc2ccccc2)C1. The summed E-state index contributed by atoms with van der Waals surface area (Å²) in [5.74, 6) is 0.0574. The van der Waals surface area contributed by atoms with E-state index in [0.717, 1.165) is 25.1 Å². The van der Waals surface area contributed by atoms with E-state index >= 15 is 0 Å². The van der Waals surface area contributed by atoms with Crippen molar-refractivity contribution in [1.29, 1.82) is 0 Å². The number of carbonyl (C=O) groups excluding carboxylic acids is 1. The molecule has 6 heteroatoms. The fourth-order valence-corrected chi connectivity index (χ4v) is 3.63. The Bertz CT molecular complexity index is 518. The van der Waals surface area contributed by atoms with E-state index in [1.807, 2.05) is 42.2 Å². The van der Waals surface area contributed by atoms with Gasteiger partial charge in [-0.3, -0.25) is 14.5 Å². The summed E-state index contributed by atoms with van der Waals surface area (Å²) in [4.78, 5) is 25.9. The Kier molecular flexibility index (Phi) is 6.92. The Morgan fingerprint density at radius 2 is 2.00 bits per heavy atom. The standard InChI is InChI=1S/C17H24N2O3S/c1-2-19(12-17(21)22)14-10-13(11-14)18-16(20)8-9-23-15-6-4-3-5-7-15/h3-7,13-14H,2,8-12H2,1H3,(H,18,20)(H,21,22). The smallest absolute Gasteiger partial charge is 0.317 e. The third kappa shape index (κ3) is 5.88. The van der Waals surface area contributed by atoms with Gasteiger partial charge in [0.05, 0.1) is 6.54 Å². The first kappa shape index (κ1) is 17.8. The van der Waals surface area contributed by atoms with Crippen molar-refractivity contribution in [3.63, 3.8) is 0 Å². The number of hydrogen-bond acceptors (Lipinski definition) is 4. The molecule has 0 atom stereocenters. The minimum Gasteiger partial charge on any atom is -0.480 e. The molecule has 0 saturated heterocycles. The molecule has 1 fully saturated rings. The number of carboxylic acid groups (broad SMARTS) is 1. The quantitative estimate of drug-likeness (QED) is 0.677. The van der Waals surface area contributed by atoms with E-state index < -0.39 is 5.97 Å². The van der Waals surface area contributed by atoms with Gasteiger partial charge in [-0.25, -0.2) is 0 Å². The van der Waals surface area contributed by atoms with Crippen LogP contribution in [0.4, 0.5) is 0 Å². The van der Waals surface area contributed by atoms with E-state index in [-0.39, 0.29) is 24.5 Å². The molecule has 1 aliphatic carbocycles. The lowest BCUT2D eigenvalue weighted by atomic mass is 9.85. The number of amides is 1. The van der Waals surface area contributed by atoms with Crippen molar-refractivity contribution in [1.82, 2.24) is 10.2 Å². The highest BCUT2D eigenvalue weighted by atomic mass is 32.2. The van der Waals surface area contributed by atoms with E-state index in [2.05, 4.69) is 5.32 Å². The maximum atomic E-state index is 11.9. The van der Waals surface area contributed by atoms with Crippen molar-refractivity contribution in [2.24, 2.45) is 0 Å². The summed E-state index contributed by atoms with van der Waals surface area (Å²) in [5.41, 5.74) is 0. The molecule has 126 valence electrons. The lowest BCUT2D eigenvalue weighted by molar-refractivity contribution is -0.139. The second-order valence-corrected chi connectivity index (χ2v) is 6.93. The molecule has 0 spiro atoms. The fraction of sp³-hybridized carbons (Fsp3) is 0.529. The molecule has 0 bridgehead atoms. The van der Waals surface area contributed by atoms with E-state index in [9.17, 15) is 9.59 Å². The number of thioether (sulfide) groups is 1. The molecule has 0 aromatic heterocycles. The number of carboxylic acids is 1. The van der Waals surface area contributed by atoms with Gasteiger partial charge in [-0.1, -0.05) is 25.1 Å². The van der Waals surface area contributed by atoms with Crippen molar-refractivity contribution in [2.75, 3.05) is 18.8 Å². The Balaban J connectivity index is 1.61. The third-order valence-corrected chi connectivity index (χ3v) is 5.09. The zero-order chi connectivity index (χ0) is 16.7. The van der Waals surface area contributed by atoms with Crippen LogP contribution in [0.25, 0.3) is 0 Å². The normalized spacial score (nSPS) is 20.1. The summed E-state index contributed by atoms with van der Waals surface area (Å²) in [7, 11) is 0. The molecule has 1 aromatic carbocycles. The molecule has 0 aliphatic heterocycles. The molecule has 0 unspecified atom stereocenters. The van der Waals surface area contributed by atoms with Crippen LogP contribution in [0.3, 0.4) is 0 Å². The van der Waals surface area contributed by atoms with E-state index in [4.69, 9.17) is 5.11 Å². The van der Waals surface area contributed by atoms with Crippen LogP contribution < -0.4 is 5.32 Å². The zero-order valence-corrected chi connectivity index (χ0v) is 14.2. The molecular weight excluding hydrogens is 312 g/mol. The van der Waals surface area contributed by atoms with Gasteiger partial charge in [0.2, 0.25) is 5.91 Å². The first-order valence-corrected chi connectivity index (χ1v) is 9.00. The first-order valence-electron chi connectivity index (χ1n) is 8.01. The molecule has 2 N–H and O–H groups in total. The van der Waals surface area contributed by atoms with Gasteiger partial charge in [0.25, 0.3) is 0 Å². The molecular formula is C17H24N2O3S. The van der Waals surface area contributed by atoms with E-state index in [0.29, 0.717) is 6.42 Å². The number of aliphatic carboxylic acids is 1. The molecule has 1 aromatic rings. The van der Waals surface area contributed by atoms with Gasteiger partial charge >= 0.3 is 5.97 Å². The molecule has 1 amide bonds. The van der Waals surface area contributed by atoms with Crippen molar-refractivity contribution in [3.05, 3.63) is 30.3 Å². The summed E-state index contributed by atoms with van der Waals surface area (Å²) < 4.78 is 0. The first-order chi connectivity index (χ1) is 11.1. The number of likely N-dealkylation sites (N-methyl/N-ethyl adjacent to an activating group) is 1. The summed E-state index contributed by atoms with van der Waals surface area (Å²) in [5, 5.41) is 11.9. The Morgan fingerprint density at radius 3 is 2.61 bits per heavy atom. The lowest BCUT2D eigenvalue weighted by Crippen LogP contribution is -2.54. The van der Waals surface area contributed by atoms with Crippen LogP contribution in [0.2, 0.25) is 0 Å². The number of nitrogens with zero attached hydrogens (tertiary/aromatic N) is 1. The van der Waals surface area contributed by atoms with Gasteiger partial charge in [0.1, 0.15) is 0 Å². The maximum absolute atomic E-state index is 11.9.